The Labute approximate surface area is 272 Å². The van der Waals surface area contributed by atoms with Gasteiger partial charge in [0.15, 0.2) is 0 Å². The topological polar surface area (TPSA) is 145 Å². The van der Waals surface area contributed by atoms with Gasteiger partial charge in [-0.2, -0.15) is 0 Å². The summed E-state index contributed by atoms with van der Waals surface area (Å²) >= 11 is 2.65. The van der Waals surface area contributed by atoms with E-state index in [-0.39, 0.29) is 16.9 Å². The summed E-state index contributed by atoms with van der Waals surface area (Å²) in [7, 11) is 0. The lowest BCUT2D eigenvalue weighted by molar-refractivity contribution is -0.116. The fourth-order valence-corrected chi connectivity index (χ4v) is 6.07. The van der Waals surface area contributed by atoms with Crippen molar-refractivity contribution in [3.8, 4) is 5.75 Å². The molecule has 0 bridgehead atoms. The van der Waals surface area contributed by atoms with Gasteiger partial charge in [0.05, 0.1) is 0 Å². The summed E-state index contributed by atoms with van der Waals surface area (Å²) in [5.74, 6) is -3.11. The Balaban J connectivity index is 1.36. The van der Waals surface area contributed by atoms with Gasteiger partial charge in [-0.15, -0.1) is 23.1 Å². The quantitative estimate of drug-likeness (QED) is 0.0587. The summed E-state index contributed by atoms with van der Waals surface area (Å²) in [6, 6.07) is 32.1. The normalized spacial score (nSPS) is 11.7. The molecule has 1 atom stereocenters. The van der Waals surface area contributed by atoms with Crippen molar-refractivity contribution < 1.29 is 29.4 Å². The monoisotopic (exact) mass is 649 g/mol. The number of carboxylic acids is 1. The molecule has 5 rings (SSSR count). The number of carbonyl (C=O) groups is 4. The lowest BCUT2D eigenvalue weighted by Crippen LogP contribution is -2.30. The Morgan fingerprint density at radius 3 is 2.17 bits per heavy atom. The lowest BCUT2D eigenvalue weighted by atomic mass is 10.1. The molecule has 5 aromatic rings. The minimum absolute atomic E-state index is 0.0607. The molecule has 0 fully saturated rings. The summed E-state index contributed by atoms with van der Waals surface area (Å²) in [5.41, 5.74) is 1.48. The average Bonchev–Trinajstić information content (AvgIpc) is 3.58. The van der Waals surface area contributed by atoms with Crippen LogP contribution >= 0.6 is 23.1 Å². The molecule has 0 spiro atoms. The second-order valence-corrected chi connectivity index (χ2v) is 12.0. The van der Waals surface area contributed by atoms with Crippen LogP contribution in [0.5, 0.6) is 5.75 Å². The Kier molecular flexibility index (Phi) is 10.3. The first-order valence-corrected chi connectivity index (χ1v) is 15.6. The maximum absolute atomic E-state index is 13.5. The maximum Gasteiger partial charge on any atom is 0.339 e. The number of hydrogen-bond acceptors (Lipinski definition) is 7. The molecule has 9 nitrogen and oxygen atoms in total. The smallest absolute Gasteiger partial charge is 0.339 e. The molecule has 1 heterocycles. The van der Waals surface area contributed by atoms with Crippen molar-refractivity contribution in [3.63, 3.8) is 0 Å². The van der Waals surface area contributed by atoms with Gasteiger partial charge in [0, 0.05) is 26.7 Å². The number of thioether (sulfide) groups is 1. The molecule has 0 saturated carbocycles. The standard InChI is InChI=1S/C35H27N3O6S2/c39-30-17-16-25(20-28(30)35(43)44)37-34(42)31(22-9-3-1-4-10-22)46-27-14-7-13-24(19-27)36-33(41)29(21-26-15-8-18-45-26)38-32(40)23-11-5-2-6-12-23/h1-21,31,39H,(H,36,41)(H,37,42)(H,38,40)(H,43,44)/b29-21-. The molecule has 0 aliphatic heterocycles. The van der Waals surface area contributed by atoms with E-state index in [2.05, 4.69) is 16.0 Å². The molecule has 11 heteroatoms. The molecule has 4 aromatic carbocycles. The summed E-state index contributed by atoms with van der Waals surface area (Å²) < 4.78 is 0. The Hall–Kier alpha value is -5.65. The van der Waals surface area contributed by atoms with Crippen molar-refractivity contribution in [1.82, 2.24) is 5.32 Å². The number of carbonyl (C=O) groups excluding carboxylic acids is 3. The Morgan fingerprint density at radius 1 is 0.761 bits per heavy atom. The number of anilines is 2. The summed E-state index contributed by atoms with van der Waals surface area (Å²) in [5, 5.41) is 28.6. The number of amides is 3. The van der Waals surface area contributed by atoms with E-state index < -0.39 is 34.7 Å². The van der Waals surface area contributed by atoms with Gasteiger partial charge in [-0.25, -0.2) is 4.79 Å². The largest absolute Gasteiger partial charge is 0.507 e. The highest BCUT2D eigenvalue weighted by Crippen LogP contribution is 2.37. The van der Waals surface area contributed by atoms with E-state index in [1.807, 2.05) is 23.6 Å². The first-order valence-electron chi connectivity index (χ1n) is 13.9. The summed E-state index contributed by atoms with van der Waals surface area (Å²) in [4.78, 5) is 52.8. The lowest BCUT2D eigenvalue weighted by Gasteiger charge is -2.18. The SMILES string of the molecule is O=C(Nc1cccc(SC(C(=O)Nc2ccc(O)c(C(=O)O)c2)c2ccccc2)c1)/C(=C/c1cccs1)NC(=O)c1ccccc1. The van der Waals surface area contributed by atoms with Crippen LogP contribution in [0, 0.1) is 0 Å². The number of rotatable bonds is 11. The second-order valence-electron chi connectivity index (χ2n) is 9.81. The first kappa shape index (κ1) is 31.8. The van der Waals surface area contributed by atoms with Crippen molar-refractivity contribution in [2.45, 2.75) is 10.1 Å². The van der Waals surface area contributed by atoms with Gasteiger partial charge in [0.25, 0.3) is 11.8 Å². The highest BCUT2D eigenvalue weighted by molar-refractivity contribution is 8.00. The summed E-state index contributed by atoms with van der Waals surface area (Å²) in [6.45, 7) is 0. The zero-order valence-corrected chi connectivity index (χ0v) is 25.7. The highest BCUT2D eigenvalue weighted by Gasteiger charge is 2.24. The molecule has 0 aliphatic rings. The van der Waals surface area contributed by atoms with Gasteiger partial charge >= 0.3 is 5.97 Å². The van der Waals surface area contributed by atoms with Gasteiger partial charge in [-0.05, 0) is 71.6 Å². The number of nitrogens with one attached hydrogen (secondary N) is 3. The van der Waals surface area contributed by atoms with Crippen molar-refractivity contribution in [3.05, 3.63) is 148 Å². The number of carboxylic acid groups (broad SMARTS) is 1. The molecular weight excluding hydrogens is 623 g/mol. The third-order valence-corrected chi connectivity index (χ3v) is 8.61. The number of thiophene rings is 1. The predicted octanol–water partition coefficient (Wildman–Crippen LogP) is 7.03. The van der Waals surface area contributed by atoms with Gasteiger partial charge in [0.2, 0.25) is 5.91 Å². The van der Waals surface area contributed by atoms with Crippen LogP contribution < -0.4 is 16.0 Å². The van der Waals surface area contributed by atoms with E-state index >= 15 is 0 Å². The van der Waals surface area contributed by atoms with Crippen LogP contribution in [0.15, 0.2) is 131 Å². The molecule has 46 heavy (non-hydrogen) atoms. The Bertz CT molecular complexity index is 1890. The van der Waals surface area contributed by atoms with Crippen molar-refractivity contribution in [2.24, 2.45) is 0 Å². The van der Waals surface area contributed by atoms with Crippen molar-refractivity contribution >= 4 is 64.2 Å². The predicted molar refractivity (Wildman–Crippen MR) is 180 cm³/mol. The van der Waals surface area contributed by atoms with Crippen LogP contribution in [0.2, 0.25) is 0 Å². The average molecular weight is 650 g/mol. The molecule has 0 radical (unpaired) electrons. The van der Waals surface area contributed by atoms with E-state index in [4.69, 9.17) is 0 Å². The van der Waals surface area contributed by atoms with Crippen LogP contribution in [0.4, 0.5) is 11.4 Å². The molecule has 1 unspecified atom stereocenters. The number of phenols is 1. The molecule has 0 aliphatic carbocycles. The third-order valence-electron chi connectivity index (χ3n) is 6.54. The molecule has 3 amide bonds. The van der Waals surface area contributed by atoms with E-state index in [1.165, 1.54) is 41.3 Å². The summed E-state index contributed by atoms with van der Waals surface area (Å²) in [6.07, 6.45) is 1.61. The van der Waals surface area contributed by atoms with Crippen molar-refractivity contribution in [1.29, 1.82) is 0 Å². The van der Waals surface area contributed by atoms with Crippen LogP contribution in [0.25, 0.3) is 6.08 Å². The van der Waals surface area contributed by atoms with Crippen LogP contribution in [0.3, 0.4) is 0 Å². The number of benzene rings is 4. The van der Waals surface area contributed by atoms with E-state index in [0.717, 1.165) is 4.88 Å². The van der Waals surface area contributed by atoms with Gasteiger partial charge in [-0.1, -0.05) is 60.7 Å². The van der Waals surface area contributed by atoms with Crippen LogP contribution in [0.1, 0.15) is 36.4 Å². The van der Waals surface area contributed by atoms with E-state index in [9.17, 15) is 29.4 Å². The van der Waals surface area contributed by atoms with Crippen molar-refractivity contribution in [2.75, 3.05) is 10.6 Å². The third kappa shape index (κ3) is 8.29. The number of hydrogen-bond donors (Lipinski definition) is 5. The fourth-order valence-electron chi connectivity index (χ4n) is 4.33. The van der Waals surface area contributed by atoms with Gasteiger partial charge in [-0.3, -0.25) is 14.4 Å². The first-order chi connectivity index (χ1) is 22.3. The highest BCUT2D eigenvalue weighted by atomic mass is 32.2. The number of aromatic hydroxyl groups is 1. The molecule has 1 aromatic heterocycles. The molecule has 230 valence electrons. The van der Waals surface area contributed by atoms with Gasteiger partial charge < -0.3 is 26.2 Å². The van der Waals surface area contributed by atoms with Crippen LogP contribution in [-0.4, -0.2) is 33.9 Å². The molecule has 5 N–H and O–H groups in total. The van der Waals surface area contributed by atoms with E-state index in [0.29, 0.717) is 21.7 Å². The number of aromatic carboxylic acids is 1. The zero-order valence-electron chi connectivity index (χ0n) is 24.0. The zero-order chi connectivity index (χ0) is 32.5. The van der Waals surface area contributed by atoms with E-state index in [1.54, 1.807) is 84.9 Å². The Morgan fingerprint density at radius 2 is 1.48 bits per heavy atom. The van der Waals surface area contributed by atoms with Gasteiger partial charge in [0.1, 0.15) is 22.3 Å². The second kappa shape index (κ2) is 14.9. The minimum atomic E-state index is -1.32. The van der Waals surface area contributed by atoms with Crippen LogP contribution in [-0.2, 0) is 9.59 Å². The maximum atomic E-state index is 13.5. The molecule has 0 saturated heterocycles. The fraction of sp³-hybridized carbons (Fsp3) is 0.0286. The minimum Gasteiger partial charge on any atom is -0.507 e. The molecular formula is C35H27N3O6S2.